The molecule has 0 unspecified atom stereocenters. The third-order valence-corrected chi connectivity index (χ3v) is 13.4. The Morgan fingerprint density at radius 3 is 1.34 bits per heavy atom. The first kappa shape index (κ1) is 36.8. The first-order chi connectivity index (χ1) is 27.3. The maximum Gasteiger partial charge on any atom is 0.110 e. The molecule has 8 aromatic rings. The van der Waals surface area contributed by atoms with Crippen molar-refractivity contribution in [3.05, 3.63) is 142 Å². The lowest BCUT2D eigenvalue weighted by atomic mass is 9.74. The van der Waals surface area contributed by atoms with Gasteiger partial charge in [-0.1, -0.05) is 73.4 Å². The number of nitrogens with zero attached hydrogens (tertiary/aromatic N) is 4. The summed E-state index contributed by atoms with van der Waals surface area (Å²) in [5.74, 6) is 5.62. The van der Waals surface area contributed by atoms with Crippen LogP contribution < -0.4 is 0 Å². The fraction of sp³-hybridized carbons (Fsp3) is 0.333. The van der Waals surface area contributed by atoms with E-state index in [9.17, 15) is 0 Å². The topological polar surface area (TPSA) is 83.1 Å². The zero-order valence-corrected chi connectivity index (χ0v) is 33.6. The van der Waals surface area contributed by atoms with Crippen molar-refractivity contribution in [1.29, 1.82) is 0 Å². The third-order valence-electron chi connectivity index (χ3n) is 12.9. The highest BCUT2D eigenvalue weighted by molar-refractivity contribution is 6.31. The maximum absolute atomic E-state index is 6.11. The quantitative estimate of drug-likeness (QED) is 0.176. The van der Waals surface area contributed by atoms with Crippen molar-refractivity contribution in [3.8, 4) is 0 Å². The predicted octanol–water partition coefficient (Wildman–Crippen LogP) is 13.7. The molecule has 0 spiro atoms. The summed E-state index contributed by atoms with van der Waals surface area (Å²) in [6, 6.07) is 33.1. The number of benzene rings is 4. The highest BCUT2D eigenvalue weighted by Gasteiger charge is 2.30. The van der Waals surface area contributed by atoms with Gasteiger partial charge in [0.2, 0.25) is 0 Å². The molecular formula is C48H48Cl2N6. The van der Waals surface area contributed by atoms with Crippen LogP contribution >= 0.6 is 23.2 Å². The molecule has 2 aliphatic rings. The number of hydrogen-bond donors (Lipinski definition) is 2. The van der Waals surface area contributed by atoms with Crippen molar-refractivity contribution in [2.24, 2.45) is 11.8 Å². The molecule has 2 N–H and O–H groups in total. The largest absolute Gasteiger partial charge is 0.342 e. The fourth-order valence-electron chi connectivity index (χ4n) is 9.41. The smallest absolute Gasteiger partial charge is 0.110 e. The van der Waals surface area contributed by atoms with Gasteiger partial charge in [-0.3, -0.25) is 9.97 Å². The summed E-state index contributed by atoms with van der Waals surface area (Å²) in [7, 11) is 0. The number of nitrogens with one attached hydrogen (secondary N) is 2. The minimum atomic E-state index is 0.432. The summed E-state index contributed by atoms with van der Waals surface area (Å²) in [4.78, 5) is 25.9. The number of halogens is 2. The summed E-state index contributed by atoms with van der Waals surface area (Å²) in [5.41, 5.74) is 9.02. The summed E-state index contributed by atoms with van der Waals surface area (Å²) < 4.78 is 0. The Balaban J connectivity index is 0.000000146. The van der Waals surface area contributed by atoms with Gasteiger partial charge in [0.05, 0.1) is 33.1 Å². The summed E-state index contributed by atoms with van der Waals surface area (Å²) >= 11 is 12.2. The van der Waals surface area contributed by atoms with Crippen LogP contribution in [-0.2, 0) is 0 Å². The number of fused-ring (bicyclic) bond motifs is 4. The molecule has 2 aliphatic carbocycles. The number of aromatic amines is 2. The van der Waals surface area contributed by atoms with Crippen LogP contribution in [0.4, 0.5) is 0 Å². The molecule has 6 nitrogen and oxygen atoms in total. The molecule has 2 saturated carbocycles. The number of aromatic nitrogens is 6. The molecule has 0 saturated heterocycles. The molecule has 4 aromatic carbocycles. The Bertz CT molecular complexity index is 2430. The molecule has 10 rings (SSSR count). The lowest BCUT2D eigenvalue weighted by molar-refractivity contribution is 0.286. The van der Waals surface area contributed by atoms with Crippen LogP contribution in [0.3, 0.4) is 0 Å². The monoisotopic (exact) mass is 778 g/mol. The first-order valence-corrected chi connectivity index (χ1v) is 21.1. The zero-order chi connectivity index (χ0) is 38.2. The summed E-state index contributed by atoms with van der Waals surface area (Å²) in [6.45, 7) is 4.61. The molecule has 2 atom stereocenters. The van der Waals surface area contributed by atoms with Gasteiger partial charge in [-0.15, -0.1) is 0 Å². The second-order valence-corrected chi connectivity index (χ2v) is 17.2. The Morgan fingerprint density at radius 2 is 0.911 bits per heavy atom. The normalized spacial score (nSPS) is 21.2. The van der Waals surface area contributed by atoms with Gasteiger partial charge < -0.3 is 9.97 Å². The van der Waals surface area contributed by atoms with Crippen LogP contribution in [0.15, 0.2) is 109 Å². The van der Waals surface area contributed by atoms with Crippen molar-refractivity contribution < 1.29 is 0 Å². The highest BCUT2D eigenvalue weighted by atomic mass is 35.5. The van der Waals surface area contributed by atoms with E-state index in [1.54, 1.807) is 0 Å². The van der Waals surface area contributed by atoms with Gasteiger partial charge in [0.15, 0.2) is 0 Å². The SMILES string of the molecule is C[C@@H](c1nc2ccc(Cl)cc2[nH]1)C1CCC(c2cnc3ccccc3c2)CC1.C[C@H](c1nc2ccc(Cl)cc2[nH]1)C1CCC(c2cnc3ccccc3c2)CC1. The predicted molar refractivity (Wildman–Crippen MR) is 232 cm³/mol. The van der Waals surface area contributed by atoms with Gasteiger partial charge in [-0.05, 0) is 147 Å². The number of pyridine rings is 2. The van der Waals surface area contributed by atoms with E-state index < -0.39 is 0 Å². The van der Waals surface area contributed by atoms with Crippen molar-refractivity contribution in [1.82, 2.24) is 29.9 Å². The number of hydrogen-bond acceptors (Lipinski definition) is 4. The van der Waals surface area contributed by atoms with Crippen LogP contribution in [-0.4, -0.2) is 29.9 Å². The molecular weight excluding hydrogens is 731 g/mol. The lowest BCUT2D eigenvalue weighted by Gasteiger charge is -2.31. The van der Waals surface area contributed by atoms with E-state index in [2.05, 4.69) is 94.7 Å². The average Bonchev–Trinajstić information content (AvgIpc) is 3.87. The Hall–Kier alpha value is -4.78. The minimum Gasteiger partial charge on any atom is -0.342 e. The van der Waals surface area contributed by atoms with Crippen molar-refractivity contribution in [2.75, 3.05) is 0 Å². The first-order valence-electron chi connectivity index (χ1n) is 20.3. The standard InChI is InChI=1S/2C24H24ClN3/c2*1-15(24-27-22-11-10-20(25)13-23(22)28-24)16-6-8-17(9-7-16)19-12-18-4-2-3-5-21(18)26-14-19/h2*2-5,10-17H,6-9H2,1H3,(H,27,28)/t2*15-,16?,17?/m10/s1. The molecule has 56 heavy (non-hydrogen) atoms. The molecule has 2 fully saturated rings. The molecule has 4 aromatic heterocycles. The molecule has 0 bridgehead atoms. The Labute approximate surface area is 338 Å². The third kappa shape index (κ3) is 7.79. The molecule has 0 aliphatic heterocycles. The summed E-state index contributed by atoms with van der Waals surface area (Å²) in [5, 5.41) is 3.99. The van der Waals surface area contributed by atoms with Crippen molar-refractivity contribution in [2.45, 2.75) is 88.9 Å². The van der Waals surface area contributed by atoms with Gasteiger partial charge in [0, 0.05) is 45.0 Å². The van der Waals surface area contributed by atoms with Gasteiger partial charge in [0.1, 0.15) is 11.6 Å². The fourth-order valence-corrected chi connectivity index (χ4v) is 9.75. The van der Waals surface area contributed by atoms with Crippen molar-refractivity contribution in [3.63, 3.8) is 0 Å². The van der Waals surface area contributed by atoms with Gasteiger partial charge in [-0.25, -0.2) is 9.97 Å². The van der Waals surface area contributed by atoms with Crippen LogP contribution in [0.1, 0.15) is 112 Å². The van der Waals surface area contributed by atoms with Crippen LogP contribution in [0, 0.1) is 11.8 Å². The van der Waals surface area contributed by atoms with Crippen LogP contribution in [0.25, 0.3) is 43.9 Å². The Kier molecular flexibility index (Phi) is 10.5. The van der Waals surface area contributed by atoms with Crippen molar-refractivity contribution >= 4 is 67.1 Å². The number of para-hydroxylation sites is 2. The Morgan fingerprint density at radius 1 is 0.500 bits per heavy atom. The van der Waals surface area contributed by atoms with E-state index in [0.29, 0.717) is 35.5 Å². The molecule has 8 heteroatoms. The van der Waals surface area contributed by atoms with E-state index in [1.807, 2.05) is 48.5 Å². The summed E-state index contributed by atoms with van der Waals surface area (Å²) in [6.07, 6.45) is 14.0. The van der Waals surface area contributed by atoms with E-state index in [-0.39, 0.29) is 0 Å². The maximum atomic E-state index is 6.11. The van der Waals surface area contributed by atoms with E-state index in [0.717, 1.165) is 54.8 Å². The molecule has 0 radical (unpaired) electrons. The number of rotatable bonds is 6. The van der Waals surface area contributed by atoms with Gasteiger partial charge in [0.25, 0.3) is 0 Å². The number of H-pyrrole nitrogens is 2. The van der Waals surface area contributed by atoms with E-state index >= 15 is 0 Å². The minimum absolute atomic E-state index is 0.432. The molecule has 4 heterocycles. The zero-order valence-electron chi connectivity index (χ0n) is 32.1. The van der Waals surface area contributed by atoms with E-state index in [4.69, 9.17) is 33.2 Å². The average molecular weight is 780 g/mol. The molecule has 284 valence electrons. The van der Waals surface area contributed by atoms with Crippen LogP contribution in [0.5, 0.6) is 0 Å². The van der Waals surface area contributed by atoms with E-state index in [1.165, 1.54) is 73.3 Å². The highest BCUT2D eigenvalue weighted by Crippen LogP contribution is 2.43. The van der Waals surface area contributed by atoms with Crippen LogP contribution in [0.2, 0.25) is 10.0 Å². The lowest BCUT2D eigenvalue weighted by Crippen LogP contribution is -2.19. The van der Waals surface area contributed by atoms with Gasteiger partial charge >= 0.3 is 0 Å². The van der Waals surface area contributed by atoms with Gasteiger partial charge in [-0.2, -0.15) is 0 Å². The number of imidazole rings is 2. The second kappa shape index (κ2) is 16.0. The second-order valence-electron chi connectivity index (χ2n) is 16.3. The molecule has 0 amide bonds.